The van der Waals surface area contributed by atoms with Crippen LogP contribution in [-0.2, 0) is 21.2 Å². The predicted molar refractivity (Wildman–Crippen MR) is 108 cm³/mol. The minimum Gasteiger partial charge on any atom is -0.340 e. The molecule has 1 aromatic carbocycles. The Morgan fingerprint density at radius 1 is 1.18 bits per heavy atom. The molecule has 0 bridgehead atoms. The van der Waals surface area contributed by atoms with Gasteiger partial charge in [0.2, 0.25) is 15.9 Å². The van der Waals surface area contributed by atoms with Crippen LogP contribution in [-0.4, -0.2) is 59.1 Å². The summed E-state index contributed by atoms with van der Waals surface area (Å²) in [6.07, 6.45) is 4.01. The van der Waals surface area contributed by atoms with Crippen LogP contribution in [0.25, 0.3) is 4.96 Å². The van der Waals surface area contributed by atoms with Gasteiger partial charge < -0.3 is 4.90 Å². The highest BCUT2D eigenvalue weighted by Gasteiger charge is 2.31. The third-order valence-corrected chi connectivity index (χ3v) is 7.84. The van der Waals surface area contributed by atoms with E-state index in [4.69, 9.17) is 0 Å². The number of aromatic nitrogens is 2. The normalized spacial score (nSPS) is 16.0. The van der Waals surface area contributed by atoms with E-state index in [-0.39, 0.29) is 12.3 Å². The molecule has 1 aliphatic heterocycles. The number of nitrogens with zero attached hydrogens (tertiary/aromatic N) is 4. The number of thiazole rings is 1. The number of sulfonamides is 1. The van der Waals surface area contributed by atoms with E-state index in [1.807, 2.05) is 48.2 Å². The first-order chi connectivity index (χ1) is 13.3. The number of carbonyl (C=O) groups is 1. The number of hydrogen-bond donors (Lipinski definition) is 0. The van der Waals surface area contributed by atoms with Gasteiger partial charge in [-0.2, -0.15) is 4.31 Å². The summed E-state index contributed by atoms with van der Waals surface area (Å²) in [4.78, 5) is 20.0. The molecule has 0 unspecified atom stereocenters. The van der Waals surface area contributed by atoms with E-state index in [1.165, 1.54) is 15.6 Å². The number of amides is 1. The van der Waals surface area contributed by atoms with E-state index in [1.54, 1.807) is 11.0 Å². The van der Waals surface area contributed by atoms with Gasteiger partial charge in [-0.15, -0.1) is 11.3 Å². The molecule has 0 aliphatic carbocycles. The first-order valence-corrected chi connectivity index (χ1v) is 11.4. The Morgan fingerprint density at radius 2 is 1.93 bits per heavy atom. The number of aryl methyl sites for hydroxylation is 2. The number of rotatable bonds is 4. The fourth-order valence-corrected chi connectivity index (χ4v) is 5.88. The first kappa shape index (κ1) is 19.1. The molecule has 148 valence electrons. The number of benzene rings is 1. The lowest BCUT2D eigenvalue weighted by Gasteiger charge is -2.34. The number of piperazine rings is 1. The average molecular weight is 419 g/mol. The van der Waals surface area contributed by atoms with Crippen LogP contribution in [0.15, 0.2) is 40.9 Å². The summed E-state index contributed by atoms with van der Waals surface area (Å²) >= 11 is 1.53. The minimum absolute atomic E-state index is 0.0189. The SMILES string of the molecule is Cc1ccc(C)c(S(=O)(=O)N2CCN(C(=O)Cc3cn4ccsc4n3)CC2)c1. The fraction of sp³-hybridized carbons (Fsp3) is 0.368. The molecule has 4 rings (SSSR count). The van der Waals surface area contributed by atoms with Gasteiger partial charge in [0.25, 0.3) is 0 Å². The summed E-state index contributed by atoms with van der Waals surface area (Å²) in [5.74, 6) is -0.0189. The summed E-state index contributed by atoms with van der Waals surface area (Å²) < 4.78 is 29.4. The maximum Gasteiger partial charge on any atom is 0.243 e. The van der Waals surface area contributed by atoms with E-state index >= 15 is 0 Å². The monoisotopic (exact) mass is 418 g/mol. The van der Waals surface area contributed by atoms with Gasteiger partial charge in [0, 0.05) is 44.0 Å². The second kappa shape index (κ2) is 7.31. The molecule has 1 fully saturated rings. The average Bonchev–Trinajstić information content (AvgIpc) is 3.25. The number of imidazole rings is 1. The van der Waals surface area contributed by atoms with Gasteiger partial charge in [-0.25, -0.2) is 13.4 Å². The van der Waals surface area contributed by atoms with Crippen molar-refractivity contribution in [2.24, 2.45) is 0 Å². The summed E-state index contributed by atoms with van der Waals surface area (Å²) in [5.41, 5.74) is 2.39. The Bertz CT molecular complexity index is 1100. The van der Waals surface area contributed by atoms with Crippen LogP contribution in [0.5, 0.6) is 0 Å². The van der Waals surface area contributed by atoms with Gasteiger partial charge in [-0.05, 0) is 31.0 Å². The Morgan fingerprint density at radius 3 is 2.64 bits per heavy atom. The maximum absolute atomic E-state index is 13.0. The number of carbonyl (C=O) groups excluding carboxylic acids is 1. The molecule has 28 heavy (non-hydrogen) atoms. The summed E-state index contributed by atoms with van der Waals surface area (Å²) in [5, 5.41) is 1.95. The predicted octanol–water partition coefficient (Wildman–Crippen LogP) is 2.09. The lowest BCUT2D eigenvalue weighted by molar-refractivity contribution is -0.131. The molecule has 0 radical (unpaired) electrons. The quantitative estimate of drug-likeness (QED) is 0.650. The van der Waals surface area contributed by atoms with E-state index < -0.39 is 10.0 Å². The Balaban J connectivity index is 1.41. The van der Waals surface area contributed by atoms with Crippen molar-refractivity contribution >= 4 is 32.2 Å². The van der Waals surface area contributed by atoms with E-state index in [0.29, 0.717) is 31.1 Å². The minimum atomic E-state index is -3.55. The standard InChI is InChI=1S/C19H22N4O3S2/c1-14-3-4-15(2)17(11-14)28(25,26)23-7-5-21(6-8-23)18(24)12-16-13-22-9-10-27-19(22)20-16/h3-4,9-11,13H,5-8,12H2,1-2H3. The van der Waals surface area contributed by atoms with Gasteiger partial charge in [0.05, 0.1) is 17.0 Å². The van der Waals surface area contributed by atoms with E-state index in [9.17, 15) is 13.2 Å². The Hall–Kier alpha value is -2.23. The lowest BCUT2D eigenvalue weighted by Crippen LogP contribution is -2.51. The molecule has 3 heterocycles. The van der Waals surface area contributed by atoms with Gasteiger partial charge in [0.15, 0.2) is 4.96 Å². The van der Waals surface area contributed by atoms with Gasteiger partial charge >= 0.3 is 0 Å². The van der Waals surface area contributed by atoms with Gasteiger partial charge in [-0.1, -0.05) is 12.1 Å². The molecule has 0 saturated carbocycles. The molecule has 0 spiro atoms. The number of hydrogen-bond acceptors (Lipinski definition) is 5. The van der Waals surface area contributed by atoms with Crippen LogP contribution < -0.4 is 0 Å². The highest BCUT2D eigenvalue weighted by Crippen LogP contribution is 2.22. The van der Waals surface area contributed by atoms with Gasteiger partial charge in [-0.3, -0.25) is 9.20 Å². The van der Waals surface area contributed by atoms with Crippen molar-refractivity contribution in [2.75, 3.05) is 26.2 Å². The van der Waals surface area contributed by atoms with Crippen molar-refractivity contribution in [2.45, 2.75) is 25.2 Å². The molecular weight excluding hydrogens is 396 g/mol. The van der Waals surface area contributed by atoms with Crippen molar-refractivity contribution in [3.8, 4) is 0 Å². The van der Waals surface area contributed by atoms with Crippen LogP contribution in [0, 0.1) is 13.8 Å². The molecular formula is C19H22N4O3S2. The molecule has 7 nitrogen and oxygen atoms in total. The Labute approximate surface area is 168 Å². The summed E-state index contributed by atoms with van der Waals surface area (Å²) in [6, 6.07) is 5.45. The van der Waals surface area contributed by atoms with Crippen molar-refractivity contribution in [1.82, 2.24) is 18.6 Å². The zero-order valence-corrected chi connectivity index (χ0v) is 17.5. The van der Waals surface area contributed by atoms with Crippen LogP contribution in [0.1, 0.15) is 16.8 Å². The second-order valence-electron chi connectivity index (χ2n) is 7.06. The second-order valence-corrected chi connectivity index (χ2v) is 9.84. The first-order valence-electron chi connectivity index (χ1n) is 9.11. The molecule has 0 atom stereocenters. The van der Waals surface area contributed by atoms with Crippen LogP contribution in [0.2, 0.25) is 0 Å². The van der Waals surface area contributed by atoms with Crippen molar-refractivity contribution in [1.29, 1.82) is 0 Å². The van der Waals surface area contributed by atoms with E-state index in [2.05, 4.69) is 4.98 Å². The topological polar surface area (TPSA) is 75.0 Å². The molecule has 9 heteroatoms. The largest absolute Gasteiger partial charge is 0.340 e. The third kappa shape index (κ3) is 3.57. The molecule has 2 aromatic heterocycles. The fourth-order valence-electron chi connectivity index (χ4n) is 3.43. The van der Waals surface area contributed by atoms with Gasteiger partial charge in [0.1, 0.15) is 0 Å². The molecule has 3 aromatic rings. The highest BCUT2D eigenvalue weighted by molar-refractivity contribution is 7.89. The van der Waals surface area contributed by atoms with Crippen molar-refractivity contribution < 1.29 is 13.2 Å². The molecule has 0 N–H and O–H groups in total. The Kier molecular flexibility index (Phi) is 4.98. The van der Waals surface area contributed by atoms with Crippen molar-refractivity contribution in [3.63, 3.8) is 0 Å². The summed E-state index contributed by atoms with van der Waals surface area (Å²) in [6.45, 7) is 5.09. The summed E-state index contributed by atoms with van der Waals surface area (Å²) in [7, 11) is -3.55. The molecule has 1 aliphatic rings. The zero-order chi connectivity index (χ0) is 19.9. The van der Waals surface area contributed by atoms with E-state index in [0.717, 1.165) is 21.8 Å². The van der Waals surface area contributed by atoms with Crippen LogP contribution >= 0.6 is 11.3 Å². The molecule has 1 amide bonds. The zero-order valence-electron chi connectivity index (χ0n) is 15.8. The molecule has 1 saturated heterocycles. The van der Waals surface area contributed by atoms with Crippen LogP contribution in [0.3, 0.4) is 0 Å². The lowest BCUT2D eigenvalue weighted by atomic mass is 10.2. The third-order valence-electron chi connectivity index (χ3n) is 5.03. The number of fused-ring (bicyclic) bond motifs is 1. The van der Waals surface area contributed by atoms with Crippen LogP contribution in [0.4, 0.5) is 0 Å². The smallest absolute Gasteiger partial charge is 0.243 e. The maximum atomic E-state index is 13.0. The highest BCUT2D eigenvalue weighted by atomic mass is 32.2. The van der Waals surface area contributed by atoms with Crippen molar-refractivity contribution in [3.05, 3.63) is 52.8 Å².